The summed E-state index contributed by atoms with van der Waals surface area (Å²) in [6.45, 7) is 0.506. The monoisotopic (exact) mass is 302 g/mol. The van der Waals surface area contributed by atoms with Crippen molar-refractivity contribution < 1.29 is 19.2 Å². The summed E-state index contributed by atoms with van der Waals surface area (Å²) in [5, 5.41) is 21.7. The van der Waals surface area contributed by atoms with Crippen molar-refractivity contribution in [1.82, 2.24) is 5.32 Å². The van der Waals surface area contributed by atoms with Gasteiger partial charge in [-0.2, -0.15) is 11.8 Å². The molecule has 20 heavy (non-hydrogen) atoms. The number of nitro benzene ring substituents is 1. The van der Waals surface area contributed by atoms with E-state index in [4.69, 9.17) is 5.11 Å². The maximum Gasteiger partial charge on any atom is 0.273 e. The van der Waals surface area contributed by atoms with Crippen LogP contribution in [-0.4, -0.2) is 40.6 Å². The number of amides is 1. The van der Waals surface area contributed by atoms with Crippen molar-refractivity contribution in [3.63, 3.8) is 0 Å². The van der Waals surface area contributed by atoms with E-state index in [9.17, 15) is 19.3 Å². The van der Waals surface area contributed by atoms with Crippen LogP contribution in [0.25, 0.3) is 0 Å². The average molecular weight is 302 g/mol. The van der Waals surface area contributed by atoms with Crippen LogP contribution in [0.15, 0.2) is 18.2 Å². The smallest absolute Gasteiger partial charge is 0.273 e. The molecule has 0 aromatic heterocycles. The lowest BCUT2D eigenvalue weighted by Gasteiger charge is -2.05. The first-order valence-corrected chi connectivity index (χ1v) is 7.12. The lowest BCUT2D eigenvalue weighted by atomic mass is 10.2. The lowest BCUT2D eigenvalue weighted by Crippen LogP contribution is -2.26. The first-order valence-electron chi connectivity index (χ1n) is 5.96. The number of nitro groups is 1. The molecule has 0 saturated heterocycles. The van der Waals surface area contributed by atoms with Crippen LogP contribution in [0, 0.1) is 15.9 Å². The maximum atomic E-state index is 13.2. The number of thioether (sulfide) groups is 1. The zero-order valence-electron chi connectivity index (χ0n) is 10.7. The molecule has 1 aromatic rings. The van der Waals surface area contributed by atoms with E-state index in [1.165, 1.54) is 0 Å². The molecule has 6 nitrogen and oxygen atoms in total. The van der Waals surface area contributed by atoms with Crippen molar-refractivity contribution in [3.8, 4) is 0 Å². The third kappa shape index (κ3) is 5.54. The van der Waals surface area contributed by atoms with Gasteiger partial charge in [-0.05, 0) is 18.2 Å². The van der Waals surface area contributed by atoms with Crippen LogP contribution in [0.3, 0.4) is 0 Å². The molecule has 1 rings (SSSR count). The van der Waals surface area contributed by atoms with E-state index < -0.39 is 22.3 Å². The minimum absolute atomic E-state index is 0.0722. The summed E-state index contributed by atoms with van der Waals surface area (Å²) in [4.78, 5) is 21.5. The van der Waals surface area contributed by atoms with Gasteiger partial charge in [-0.15, -0.1) is 0 Å². The number of aliphatic hydroxyl groups excluding tert-OH is 1. The van der Waals surface area contributed by atoms with Crippen LogP contribution in [0.4, 0.5) is 10.1 Å². The summed E-state index contributed by atoms with van der Waals surface area (Å²) >= 11 is 1.57. The normalized spacial score (nSPS) is 10.3. The minimum atomic E-state index is -0.818. The molecule has 0 fully saturated rings. The second-order valence-electron chi connectivity index (χ2n) is 3.90. The Morgan fingerprint density at radius 3 is 2.80 bits per heavy atom. The Kier molecular flexibility index (Phi) is 6.96. The summed E-state index contributed by atoms with van der Waals surface area (Å²) in [6, 6.07) is 2.76. The Balaban J connectivity index is 2.49. The highest BCUT2D eigenvalue weighted by Gasteiger charge is 2.14. The second kappa shape index (κ2) is 8.49. The number of carbonyl (C=O) groups excluding carboxylic acids is 1. The van der Waals surface area contributed by atoms with Crippen molar-refractivity contribution in [2.45, 2.75) is 6.42 Å². The number of hydrogen-bond acceptors (Lipinski definition) is 5. The summed E-state index contributed by atoms with van der Waals surface area (Å²) < 4.78 is 13.2. The van der Waals surface area contributed by atoms with Crippen molar-refractivity contribution in [2.24, 2.45) is 0 Å². The van der Waals surface area contributed by atoms with Gasteiger partial charge in [0.15, 0.2) is 0 Å². The minimum Gasteiger partial charge on any atom is -0.396 e. The molecule has 2 N–H and O–H groups in total. The maximum absolute atomic E-state index is 13.2. The fourth-order valence-electron chi connectivity index (χ4n) is 1.42. The lowest BCUT2D eigenvalue weighted by molar-refractivity contribution is -0.385. The van der Waals surface area contributed by atoms with E-state index in [1.807, 2.05) is 0 Å². The van der Waals surface area contributed by atoms with Gasteiger partial charge in [0.25, 0.3) is 11.6 Å². The number of aliphatic hydroxyl groups is 1. The molecule has 1 aromatic carbocycles. The summed E-state index contributed by atoms with van der Waals surface area (Å²) in [5.41, 5.74) is -0.524. The molecular formula is C12H15FN2O4S. The zero-order chi connectivity index (χ0) is 15.0. The van der Waals surface area contributed by atoms with E-state index in [-0.39, 0.29) is 12.2 Å². The van der Waals surface area contributed by atoms with Crippen LogP contribution in [0.1, 0.15) is 16.8 Å². The molecule has 0 heterocycles. The molecule has 0 aliphatic heterocycles. The SMILES string of the molecule is O=C(NCCSCCCO)c1cc(F)cc([N+](=O)[O-])c1. The third-order valence-electron chi connectivity index (χ3n) is 2.33. The summed E-state index contributed by atoms with van der Waals surface area (Å²) in [7, 11) is 0. The van der Waals surface area contributed by atoms with Gasteiger partial charge in [-0.3, -0.25) is 14.9 Å². The van der Waals surface area contributed by atoms with Gasteiger partial charge in [0.05, 0.1) is 11.0 Å². The van der Waals surface area contributed by atoms with Gasteiger partial charge in [-0.1, -0.05) is 0 Å². The Bertz CT molecular complexity index is 485. The quantitative estimate of drug-likeness (QED) is 0.432. The van der Waals surface area contributed by atoms with Gasteiger partial charge in [-0.25, -0.2) is 4.39 Å². The number of rotatable bonds is 8. The molecule has 0 aliphatic carbocycles. The van der Waals surface area contributed by atoms with Gasteiger partial charge in [0, 0.05) is 30.5 Å². The topological polar surface area (TPSA) is 92.5 Å². The zero-order valence-corrected chi connectivity index (χ0v) is 11.5. The standard InChI is InChI=1S/C12H15FN2O4S/c13-10-6-9(7-11(8-10)15(18)19)12(17)14-2-5-20-4-1-3-16/h6-8,16H,1-5H2,(H,14,17). The Morgan fingerprint density at radius 1 is 1.40 bits per heavy atom. The number of nitrogens with one attached hydrogen (secondary N) is 1. The third-order valence-corrected chi connectivity index (χ3v) is 3.40. The van der Waals surface area contributed by atoms with Crippen molar-refractivity contribution in [1.29, 1.82) is 0 Å². The molecular weight excluding hydrogens is 287 g/mol. The molecule has 8 heteroatoms. The predicted octanol–water partition coefficient (Wildman–Crippen LogP) is 1.58. The molecule has 0 unspecified atom stereocenters. The van der Waals surface area contributed by atoms with Crippen molar-refractivity contribution >= 4 is 23.4 Å². The Labute approximate surface area is 119 Å². The first kappa shape index (κ1) is 16.4. The van der Waals surface area contributed by atoms with E-state index >= 15 is 0 Å². The predicted molar refractivity (Wildman–Crippen MR) is 74.4 cm³/mol. The van der Waals surface area contributed by atoms with Crippen molar-refractivity contribution in [3.05, 3.63) is 39.7 Å². The highest BCUT2D eigenvalue weighted by Crippen LogP contribution is 2.16. The molecule has 0 radical (unpaired) electrons. The average Bonchev–Trinajstić information content (AvgIpc) is 2.41. The first-order chi connectivity index (χ1) is 9.54. The van der Waals surface area contributed by atoms with Gasteiger partial charge >= 0.3 is 0 Å². The van der Waals surface area contributed by atoms with Gasteiger partial charge in [0.2, 0.25) is 0 Å². The Hall–Kier alpha value is -1.67. The fraction of sp³-hybridized carbons (Fsp3) is 0.417. The van der Waals surface area contributed by atoms with Crippen LogP contribution in [-0.2, 0) is 0 Å². The largest absolute Gasteiger partial charge is 0.396 e. The van der Waals surface area contributed by atoms with Gasteiger partial charge < -0.3 is 10.4 Å². The molecule has 0 saturated carbocycles. The van der Waals surface area contributed by atoms with E-state index in [0.29, 0.717) is 18.7 Å². The molecule has 1 amide bonds. The molecule has 0 spiro atoms. The van der Waals surface area contributed by atoms with Gasteiger partial charge in [0.1, 0.15) is 5.82 Å². The number of nitrogens with zero attached hydrogens (tertiary/aromatic N) is 1. The summed E-state index contributed by atoms with van der Waals surface area (Å²) in [6.07, 6.45) is 0.689. The number of hydrogen-bond donors (Lipinski definition) is 2. The van der Waals surface area contributed by atoms with E-state index in [0.717, 1.165) is 24.0 Å². The van der Waals surface area contributed by atoms with Crippen LogP contribution < -0.4 is 5.32 Å². The van der Waals surface area contributed by atoms with E-state index in [2.05, 4.69) is 5.32 Å². The van der Waals surface area contributed by atoms with Crippen LogP contribution in [0.2, 0.25) is 0 Å². The van der Waals surface area contributed by atoms with Crippen LogP contribution >= 0.6 is 11.8 Å². The second-order valence-corrected chi connectivity index (χ2v) is 5.13. The summed E-state index contributed by atoms with van der Waals surface area (Å²) in [5.74, 6) is 0.0815. The molecule has 0 atom stereocenters. The number of halogens is 1. The number of carbonyl (C=O) groups is 1. The molecule has 0 bridgehead atoms. The number of non-ortho nitro benzene ring substituents is 1. The number of benzene rings is 1. The fourth-order valence-corrected chi connectivity index (χ4v) is 2.20. The highest BCUT2D eigenvalue weighted by molar-refractivity contribution is 7.99. The molecule has 110 valence electrons. The van der Waals surface area contributed by atoms with Crippen molar-refractivity contribution in [2.75, 3.05) is 24.7 Å². The molecule has 0 aliphatic rings. The van der Waals surface area contributed by atoms with Crippen LogP contribution in [0.5, 0.6) is 0 Å². The Morgan fingerprint density at radius 2 is 2.15 bits per heavy atom. The van der Waals surface area contributed by atoms with E-state index in [1.54, 1.807) is 11.8 Å². The highest BCUT2D eigenvalue weighted by atomic mass is 32.2.